The van der Waals surface area contributed by atoms with Crippen molar-refractivity contribution < 1.29 is 9.53 Å². The minimum absolute atomic E-state index is 0.271. The van der Waals surface area contributed by atoms with Crippen LogP contribution in [-0.4, -0.2) is 12.6 Å². The third kappa shape index (κ3) is 4.40. The van der Waals surface area contributed by atoms with Crippen LogP contribution in [0.2, 0.25) is 5.02 Å². The fourth-order valence-corrected chi connectivity index (χ4v) is 2.22. The van der Waals surface area contributed by atoms with E-state index in [1.165, 1.54) is 0 Å². The van der Waals surface area contributed by atoms with E-state index in [1.54, 1.807) is 6.07 Å². The molecule has 4 nitrogen and oxygen atoms in total. The third-order valence-electron chi connectivity index (χ3n) is 3.15. The number of amides is 2. The van der Waals surface area contributed by atoms with Crippen LogP contribution in [0.4, 0.5) is 10.5 Å². The summed E-state index contributed by atoms with van der Waals surface area (Å²) in [4.78, 5) is 12.0. The van der Waals surface area contributed by atoms with Gasteiger partial charge in [0.25, 0.3) is 0 Å². The van der Waals surface area contributed by atoms with Crippen molar-refractivity contribution in [1.29, 1.82) is 0 Å². The lowest BCUT2D eigenvalue weighted by Gasteiger charge is -2.12. The zero-order valence-electron chi connectivity index (χ0n) is 12.7. The van der Waals surface area contributed by atoms with E-state index in [1.807, 2.05) is 50.2 Å². The monoisotopic (exact) mass is 318 g/mol. The highest BCUT2D eigenvalue weighted by Crippen LogP contribution is 2.21. The van der Waals surface area contributed by atoms with E-state index in [-0.39, 0.29) is 6.03 Å². The number of anilines is 1. The average molecular weight is 319 g/mol. The number of halogens is 1. The summed E-state index contributed by atoms with van der Waals surface area (Å²) < 4.78 is 5.42. The van der Waals surface area contributed by atoms with Gasteiger partial charge in [0.1, 0.15) is 5.75 Å². The van der Waals surface area contributed by atoms with Gasteiger partial charge in [0.05, 0.1) is 6.61 Å². The van der Waals surface area contributed by atoms with Crippen LogP contribution in [0.15, 0.2) is 42.5 Å². The molecule has 0 aliphatic carbocycles. The Hall–Kier alpha value is -2.20. The molecule has 0 unspecified atom stereocenters. The molecule has 0 aliphatic heterocycles. The van der Waals surface area contributed by atoms with Crippen LogP contribution in [0, 0.1) is 6.92 Å². The van der Waals surface area contributed by atoms with Gasteiger partial charge >= 0.3 is 6.03 Å². The number of hydrogen-bond acceptors (Lipinski definition) is 2. The molecule has 0 saturated carbocycles. The minimum atomic E-state index is -0.271. The maximum absolute atomic E-state index is 12.0. The standard InChI is InChI=1S/C17H19ClN2O2/c1-3-22-14-8-9-16(12(2)10-14)20-17(21)19-11-13-6-4-5-7-15(13)18/h4-10H,3,11H2,1-2H3,(H2,19,20,21). The second-order valence-corrected chi connectivity index (χ2v) is 5.22. The molecule has 2 amide bonds. The van der Waals surface area contributed by atoms with Crippen LogP contribution in [0.3, 0.4) is 0 Å². The zero-order chi connectivity index (χ0) is 15.9. The van der Waals surface area contributed by atoms with Gasteiger partial charge in [-0.3, -0.25) is 0 Å². The van der Waals surface area contributed by atoms with Crippen LogP contribution in [0.5, 0.6) is 5.75 Å². The molecule has 0 aromatic heterocycles. The van der Waals surface area contributed by atoms with Crippen LogP contribution in [0.1, 0.15) is 18.1 Å². The highest BCUT2D eigenvalue weighted by molar-refractivity contribution is 6.31. The van der Waals surface area contributed by atoms with E-state index in [9.17, 15) is 4.79 Å². The number of benzene rings is 2. The molecule has 2 aromatic carbocycles. The van der Waals surface area contributed by atoms with Crippen molar-refractivity contribution in [2.24, 2.45) is 0 Å². The molecular formula is C17H19ClN2O2. The van der Waals surface area contributed by atoms with Crippen LogP contribution < -0.4 is 15.4 Å². The van der Waals surface area contributed by atoms with Crippen molar-refractivity contribution in [3.05, 3.63) is 58.6 Å². The van der Waals surface area contributed by atoms with Gasteiger partial charge < -0.3 is 15.4 Å². The zero-order valence-corrected chi connectivity index (χ0v) is 13.4. The van der Waals surface area contributed by atoms with Crippen molar-refractivity contribution in [3.63, 3.8) is 0 Å². The Morgan fingerprint density at radius 2 is 2.00 bits per heavy atom. The molecule has 2 rings (SSSR count). The van der Waals surface area contributed by atoms with Crippen molar-refractivity contribution in [2.45, 2.75) is 20.4 Å². The van der Waals surface area contributed by atoms with E-state index < -0.39 is 0 Å². The van der Waals surface area contributed by atoms with E-state index in [0.29, 0.717) is 18.2 Å². The normalized spacial score (nSPS) is 10.1. The van der Waals surface area contributed by atoms with Gasteiger partial charge in [-0.1, -0.05) is 29.8 Å². The maximum atomic E-state index is 12.0. The van der Waals surface area contributed by atoms with Crippen molar-refractivity contribution in [3.8, 4) is 5.75 Å². The summed E-state index contributed by atoms with van der Waals surface area (Å²) >= 11 is 6.05. The first-order chi connectivity index (χ1) is 10.6. The fourth-order valence-electron chi connectivity index (χ4n) is 2.02. The second kappa shape index (κ2) is 7.71. The topological polar surface area (TPSA) is 50.4 Å². The molecule has 0 fully saturated rings. The highest BCUT2D eigenvalue weighted by atomic mass is 35.5. The molecule has 0 heterocycles. The molecule has 0 radical (unpaired) electrons. The molecular weight excluding hydrogens is 300 g/mol. The summed E-state index contributed by atoms with van der Waals surface area (Å²) in [5.41, 5.74) is 2.57. The van der Waals surface area contributed by atoms with E-state index in [2.05, 4.69) is 10.6 Å². The first-order valence-corrected chi connectivity index (χ1v) is 7.49. The Morgan fingerprint density at radius 1 is 1.23 bits per heavy atom. The Morgan fingerprint density at radius 3 is 2.68 bits per heavy atom. The SMILES string of the molecule is CCOc1ccc(NC(=O)NCc2ccccc2Cl)c(C)c1. The molecule has 2 N–H and O–H groups in total. The van der Waals surface area contributed by atoms with Gasteiger partial charge in [-0.05, 0) is 49.2 Å². The summed E-state index contributed by atoms with van der Waals surface area (Å²) in [6.07, 6.45) is 0. The van der Waals surface area contributed by atoms with Crippen molar-refractivity contribution in [2.75, 3.05) is 11.9 Å². The lowest BCUT2D eigenvalue weighted by atomic mass is 10.2. The minimum Gasteiger partial charge on any atom is -0.494 e. The molecule has 0 atom stereocenters. The smallest absolute Gasteiger partial charge is 0.319 e. The maximum Gasteiger partial charge on any atom is 0.319 e. The summed E-state index contributed by atoms with van der Waals surface area (Å²) in [5, 5.41) is 6.25. The molecule has 5 heteroatoms. The van der Waals surface area contributed by atoms with Crippen molar-refractivity contribution in [1.82, 2.24) is 5.32 Å². The fraction of sp³-hybridized carbons (Fsp3) is 0.235. The number of ether oxygens (including phenoxy) is 1. The summed E-state index contributed by atoms with van der Waals surface area (Å²) in [7, 11) is 0. The molecule has 0 saturated heterocycles. The number of hydrogen-bond donors (Lipinski definition) is 2. The number of nitrogens with one attached hydrogen (secondary N) is 2. The van der Waals surface area contributed by atoms with Gasteiger partial charge in [0.15, 0.2) is 0 Å². The number of carbonyl (C=O) groups excluding carboxylic acids is 1. The molecule has 2 aromatic rings. The summed E-state index contributed by atoms with van der Waals surface area (Å²) in [6, 6.07) is 12.7. The van der Waals surface area contributed by atoms with Crippen LogP contribution >= 0.6 is 11.6 Å². The molecule has 22 heavy (non-hydrogen) atoms. The molecule has 116 valence electrons. The van der Waals surface area contributed by atoms with E-state index >= 15 is 0 Å². The predicted molar refractivity (Wildman–Crippen MR) is 89.7 cm³/mol. The van der Waals surface area contributed by atoms with Gasteiger partial charge in [-0.25, -0.2) is 4.79 Å². The molecule has 0 aliphatic rings. The highest BCUT2D eigenvalue weighted by Gasteiger charge is 2.06. The number of carbonyl (C=O) groups is 1. The second-order valence-electron chi connectivity index (χ2n) is 4.81. The van der Waals surface area contributed by atoms with Crippen LogP contribution in [-0.2, 0) is 6.54 Å². The lowest BCUT2D eigenvalue weighted by molar-refractivity contribution is 0.251. The average Bonchev–Trinajstić information content (AvgIpc) is 2.49. The van der Waals surface area contributed by atoms with Gasteiger partial charge in [-0.15, -0.1) is 0 Å². The van der Waals surface area contributed by atoms with Crippen molar-refractivity contribution >= 4 is 23.3 Å². The van der Waals surface area contributed by atoms with Crippen LogP contribution in [0.25, 0.3) is 0 Å². The van der Waals surface area contributed by atoms with E-state index in [4.69, 9.17) is 16.3 Å². The quantitative estimate of drug-likeness (QED) is 0.860. The van der Waals surface area contributed by atoms with Gasteiger partial charge in [0.2, 0.25) is 0 Å². The Bertz CT molecular complexity index is 659. The summed E-state index contributed by atoms with van der Waals surface area (Å²) in [6.45, 7) is 4.85. The predicted octanol–water partition coefficient (Wildman–Crippen LogP) is 4.37. The lowest BCUT2D eigenvalue weighted by Crippen LogP contribution is -2.28. The first kappa shape index (κ1) is 16.2. The van der Waals surface area contributed by atoms with Gasteiger partial charge in [-0.2, -0.15) is 0 Å². The first-order valence-electron chi connectivity index (χ1n) is 7.12. The Kier molecular flexibility index (Phi) is 5.67. The van der Waals surface area contributed by atoms with E-state index in [0.717, 1.165) is 22.6 Å². The number of rotatable bonds is 5. The Balaban J connectivity index is 1.93. The van der Waals surface area contributed by atoms with Gasteiger partial charge in [0, 0.05) is 17.3 Å². The number of urea groups is 1. The molecule has 0 spiro atoms. The largest absolute Gasteiger partial charge is 0.494 e. The summed E-state index contributed by atoms with van der Waals surface area (Å²) in [5.74, 6) is 0.794. The Labute approximate surface area is 135 Å². The molecule has 0 bridgehead atoms. The number of aryl methyl sites for hydroxylation is 1. The third-order valence-corrected chi connectivity index (χ3v) is 3.52.